The third kappa shape index (κ3) is 1.37. The molecule has 3 saturated carbocycles. The molecule has 7 unspecified atom stereocenters. The maximum absolute atomic E-state index is 12.5. The molecule has 0 saturated heterocycles. The van der Waals surface area contributed by atoms with E-state index in [9.17, 15) is 9.59 Å². The van der Waals surface area contributed by atoms with Crippen LogP contribution in [0.25, 0.3) is 0 Å². The number of rotatable bonds is 4. The van der Waals surface area contributed by atoms with Crippen molar-refractivity contribution in [2.75, 3.05) is 13.2 Å². The third-order valence-electron chi connectivity index (χ3n) is 5.77. The number of ketones is 2. The summed E-state index contributed by atoms with van der Waals surface area (Å²) in [4.78, 5) is 24.6. The van der Waals surface area contributed by atoms with E-state index < -0.39 is 0 Å². The molecule has 4 aliphatic rings. The second-order valence-electron chi connectivity index (χ2n) is 6.60. The van der Waals surface area contributed by atoms with Gasteiger partial charge in [0.2, 0.25) is 0 Å². The van der Waals surface area contributed by atoms with Gasteiger partial charge in [0.15, 0.2) is 0 Å². The first-order chi connectivity index (χ1) is 9.24. The number of Topliss-reactive ketones (excluding diaryl/α,β-unsaturated/α-hetero) is 2. The average molecular weight is 260 g/mol. The van der Waals surface area contributed by atoms with E-state index in [-0.39, 0.29) is 23.7 Å². The highest BCUT2D eigenvalue weighted by atomic mass is 16.5. The number of hydrogen-bond acceptors (Lipinski definition) is 3. The van der Waals surface area contributed by atoms with Crippen molar-refractivity contribution in [1.29, 1.82) is 0 Å². The van der Waals surface area contributed by atoms with E-state index >= 15 is 0 Å². The first-order valence-electron chi connectivity index (χ1n) is 7.57. The number of fused-ring (bicyclic) bond motifs is 9. The summed E-state index contributed by atoms with van der Waals surface area (Å²) in [5.41, 5.74) is 0. The van der Waals surface area contributed by atoms with Crippen LogP contribution in [-0.2, 0) is 14.3 Å². The Morgan fingerprint density at radius 2 is 1.89 bits per heavy atom. The Kier molecular flexibility index (Phi) is 2.50. The number of carbonyl (C=O) groups excluding carboxylic acids is 2. The maximum atomic E-state index is 12.5. The monoisotopic (exact) mass is 260 g/mol. The molecule has 0 spiro atoms. The van der Waals surface area contributed by atoms with Crippen LogP contribution in [-0.4, -0.2) is 24.8 Å². The molecule has 0 aromatic rings. The number of ether oxygens (including phenoxy) is 1. The van der Waals surface area contributed by atoms with Crippen LogP contribution in [0.1, 0.15) is 19.8 Å². The maximum Gasteiger partial charge on any atom is 0.147 e. The Labute approximate surface area is 113 Å². The zero-order valence-corrected chi connectivity index (χ0v) is 11.2. The lowest BCUT2D eigenvalue weighted by atomic mass is 9.69. The molecule has 0 aromatic heterocycles. The molecule has 0 aliphatic heterocycles. The smallest absolute Gasteiger partial charge is 0.147 e. The summed E-state index contributed by atoms with van der Waals surface area (Å²) in [5, 5.41) is 0. The van der Waals surface area contributed by atoms with Gasteiger partial charge in [-0.1, -0.05) is 19.1 Å². The van der Waals surface area contributed by atoms with Gasteiger partial charge in [-0.15, -0.1) is 0 Å². The highest BCUT2D eigenvalue weighted by Crippen LogP contribution is 2.64. The van der Waals surface area contributed by atoms with Crippen molar-refractivity contribution in [3.8, 4) is 0 Å². The quantitative estimate of drug-likeness (QED) is 0.440. The molecule has 0 amide bonds. The molecule has 4 rings (SSSR count). The molecular formula is C16H20O3. The standard InChI is InChI=1S/C16H20O3/c1-2-5-19-7-8-6-11-13-9-3-4-10(15(9)17)14(13)12(8)16(11)18/h3-4,8-14H,2,5-7H2,1H3. The van der Waals surface area contributed by atoms with E-state index in [0.717, 1.165) is 19.4 Å². The van der Waals surface area contributed by atoms with Crippen LogP contribution in [0, 0.1) is 41.4 Å². The SMILES string of the molecule is CCCOCC1CC2C(=O)C1C1C3C=CC(C3=O)C21. The van der Waals surface area contributed by atoms with Gasteiger partial charge < -0.3 is 4.74 Å². The van der Waals surface area contributed by atoms with E-state index in [0.29, 0.717) is 35.9 Å². The first-order valence-corrected chi connectivity index (χ1v) is 7.57. The van der Waals surface area contributed by atoms with Gasteiger partial charge in [0.25, 0.3) is 0 Å². The fourth-order valence-corrected chi connectivity index (χ4v) is 5.22. The van der Waals surface area contributed by atoms with Crippen LogP contribution in [0.5, 0.6) is 0 Å². The van der Waals surface area contributed by atoms with Crippen molar-refractivity contribution >= 4 is 11.6 Å². The van der Waals surface area contributed by atoms with E-state index in [1.165, 1.54) is 0 Å². The lowest BCUT2D eigenvalue weighted by Crippen LogP contribution is -2.33. The van der Waals surface area contributed by atoms with Crippen molar-refractivity contribution in [2.45, 2.75) is 19.8 Å². The lowest BCUT2D eigenvalue weighted by Gasteiger charge is -2.34. The minimum absolute atomic E-state index is 0.0444. The fourth-order valence-electron chi connectivity index (χ4n) is 5.22. The molecular weight excluding hydrogens is 240 g/mol. The number of carbonyl (C=O) groups is 2. The van der Waals surface area contributed by atoms with Gasteiger partial charge in [-0.3, -0.25) is 9.59 Å². The van der Waals surface area contributed by atoms with Crippen LogP contribution in [0.15, 0.2) is 12.2 Å². The summed E-state index contributed by atoms with van der Waals surface area (Å²) in [7, 11) is 0. The fraction of sp³-hybridized carbons (Fsp3) is 0.750. The Balaban J connectivity index is 1.57. The number of allylic oxidation sites excluding steroid dienone is 2. The van der Waals surface area contributed by atoms with Crippen molar-refractivity contribution in [3.63, 3.8) is 0 Å². The summed E-state index contributed by atoms with van der Waals surface area (Å²) in [6.07, 6.45) is 6.10. The molecule has 0 aromatic carbocycles. The molecule has 102 valence electrons. The van der Waals surface area contributed by atoms with Crippen molar-refractivity contribution in [3.05, 3.63) is 12.2 Å². The Morgan fingerprint density at radius 1 is 1.16 bits per heavy atom. The summed E-state index contributed by atoms with van der Waals surface area (Å²) < 4.78 is 5.67. The molecule has 3 fully saturated rings. The third-order valence-corrected chi connectivity index (χ3v) is 5.77. The van der Waals surface area contributed by atoms with Crippen molar-refractivity contribution in [2.24, 2.45) is 41.4 Å². The molecule has 7 atom stereocenters. The number of hydrogen-bond donors (Lipinski definition) is 0. The second-order valence-corrected chi connectivity index (χ2v) is 6.60. The predicted molar refractivity (Wildman–Crippen MR) is 69.3 cm³/mol. The molecule has 4 aliphatic carbocycles. The summed E-state index contributed by atoms with van der Waals surface area (Å²) >= 11 is 0. The zero-order valence-electron chi connectivity index (χ0n) is 11.2. The predicted octanol–water partition coefficient (Wildman–Crippen LogP) is 1.87. The largest absolute Gasteiger partial charge is 0.381 e. The average Bonchev–Trinajstić information content (AvgIpc) is 3.08. The van der Waals surface area contributed by atoms with E-state index in [2.05, 4.69) is 19.1 Å². The normalized spacial score (nSPS) is 49.4. The van der Waals surface area contributed by atoms with Crippen LogP contribution in [0.3, 0.4) is 0 Å². The lowest BCUT2D eigenvalue weighted by molar-refractivity contribution is -0.125. The van der Waals surface area contributed by atoms with Crippen LogP contribution in [0.4, 0.5) is 0 Å². The molecule has 19 heavy (non-hydrogen) atoms. The molecule has 4 bridgehead atoms. The topological polar surface area (TPSA) is 43.4 Å². The van der Waals surface area contributed by atoms with Gasteiger partial charge in [-0.2, -0.15) is 0 Å². The first kappa shape index (κ1) is 11.8. The molecule has 0 radical (unpaired) electrons. The van der Waals surface area contributed by atoms with E-state index in [4.69, 9.17) is 4.74 Å². The minimum Gasteiger partial charge on any atom is -0.381 e. The molecule has 3 heteroatoms. The molecule has 0 N–H and O–H groups in total. The van der Waals surface area contributed by atoms with Gasteiger partial charge in [-0.05, 0) is 30.6 Å². The summed E-state index contributed by atoms with van der Waals surface area (Å²) in [6, 6.07) is 0. The Bertz CT molecular complexity index is 467. The van der Waals surface area contributed by atoms with E-state index in [1.54, 1.807) is 0 Å². The Morgan fingerprint density at radius 3 is 2.63 bits per heavy atom. The van der Waals surface area contributed by atoms with Crippen LogP contribution < -0.4 is 0 Å². The van der Waals surface area contributed by atoms with Gasteiger partial charge in [0.1, 0.15) is 11.6 Å². The van der Waals surface area contributed by atoms with Gasteiger partial charge in [0, 0.05) is 30.3 Å². The van der Waals surface area contributed by atoms with Crippen molar-refractivity contribution < 1.29 is 14.3 Å². The van der Waals surface area contributed by atoms with Crippen molar-refractivity contribution in [1.82, 2.24) is 0 Å². The van der Waals surface area contributed by atoms with Crippen LogP contribution in [0.2, 0.25) is 0 Å². The Hall–Kier alpha value is -0.960. The van der Waals surface area contributed by atoms with Gasteiger partial charge >= 0.3 is 0 Å². The summed E-state index contributed by atoms with van der Waals surface area (Å²) in [6.45, 7) is 3.59. The van der Waals surface area contributed by atoms with Crippen LogP contribution >= 0.6 is 0 Å². The van der Waals surface area contributed by atoms with Gasteiger partial charge in [-0.25, -0.2) is 0 Å². The zero-order chi connectivity index (χ0) is 13.1. The second kappa shape index (κ2) is 4.02. The van der Waals surface area contributed by atoms with Gasteiger partial charge in [0.05, 0.1) is 6.61 Å². The molecule has 3 nitrogen and oxygen atoms in total. The highest BCUT2D eigenvalue weighted by Gasteiger charge is 2.68. The van der Waals surface area contributed by atoms with E-state index in [1.807, 2.05) is 0 Å². The summed E-state index contributed by atoms with van der Waals surface area (Å²) in [5.74, 6) is 2.19. The minimum atomic E-state index is 0.0444. The highest BCUT2D eigenvalue weighted by molar-refractivity contribution is 5.98. The molecule has 0 heterocycles.